The lowest BCUT2D eigenvalue weighted by atomic mass is 9.93. The molecule has 4 heteroatoms. The van der Waals surface area contributed by atoms with E-state index in [0.29, 0.717) is 23.2 Å². The van der Waals surface area contributed by atoms with Gasteiger partial charge in [0.25, 0.3) is 5.56 Å². The number of hydrogen-bond acceptors (Lipinski definition) is 3. The largest absolute Gasteiger partial charge is 0.373 e. The molecule has 2 rings (SSSR count). The van der Waals surface area contributed by atoms with Crippen LogP contribution < -0.4 is 10.5 Å². The number of allylic oxidation sites excluding steroid dienone is 1. The third-order valence-corrected chi connectivity index (χ3v) is 4.04. The molecule has 1 heterocycles. The molecule has 1 aromatic carbocycles. The summed E-state index contributed by atoms with van der Waals surface area (Å²) in [5.74, 6) is -0.115. The quantitative estimate of drug-likeness (QED) is 0.855. The summed E-state index contributed by atoms with van der Waals surface area (Å²) in [6, 6.07) is 7.47. The van der Waals surface area contributed by atoms with Crippen LogP contribution in [0.3, 0.4) is 0 Å². The van der Waals surface area contributed by atoms with Crippen LogP contribution in [0.15, 0.2) is 35.1 Å². The maximum Gasteiger partial charge on any atom is 0.272 e. The molecule has 0 amide bonds. The standard InChI is InChI=1S/C20H24N2O2/c1-6-9-14-10-8-11-15(12-14)19(23)17-16(7-2)13(3)21-20(24)18(17)22(4)5/h6,8-12H,7H2,1-5H3,(H,21,24)/b9-6+. The van der Waals surface area contributed by atoms with Crippen LogP contribution in [0.4, 0.5) is 5.69 Å². The smallest absolute Gasteiger partial charge is 0.272 e. The summed E-state index contributed by atoms with van der Waals surface area (Å²) in [6.07, 6.45) is 4.57. The van der Waals surface area contributed by atoms with Crippen LogP contribution in [0.25, 0.3) is 6.08 Å². The third-order valence-electron chi connectivity index (χ3n) is 4.04. The zero-order valence-corrected chi connectivity index (χ0v) is 14.9. The van der Waals surface area contributed by atoms with E-state index in [4.69, 9.17) is 0 Å². The molecule has 0 spiro atoms. The lowest BCUT2D eigenvalue weighted by molar-refractivity contribution is 0.103. The molecule has 0 fully saturated rings. The first kappa shape index (κ1) is 17.7. The number of anilines is 1. The Morgan fingerprint density at radius 1 is 1.29 bits per heavy atom. The molecule has 0 unspecified atom stereocenters. The minimum atomic E-state index is -0.234. The Morgan fingerprint density at radius 3 is 2.58 bits per heavy atom. The highest BCUT2D eigenvalue weighted by Crippen LogP contribution is 2.25. The van der Waals surface area contributed by atoms with Gasteiger partial charge in [-0.15, -0.1) is 0 Å². The second-order valence-corrected chi connectivity index (χ2v) is 5.98. The zero-order chi connectivity index (χ0) is 17.9. The Kier molecular flexibility index (Phi) is 5.39. The van der Waals surface area contributed by atoms with Gasteiger partial charge in [-0.2, -0.15) is 0 Å². The van der Waals surface area contributed by atoms with Crippen molar-refractivity contribution < 1.29 is 4.79 Å². The molecule has 0 saturated carbocycles. The maximum atomic E-state index is 13.2. The van der Waals surface area contributed by atoms with E-state index < -0.39 is 0 Å². The van der Waals surface area contributed by atoms with E-state index in [1.807, 2.05) is 51.1 Å². The number of nitrogens with zero attached hydrogens (tertiary/aromatic N) is 1. The van der Waals surface area contributed by atoms with Crippen LogP contribution in [-0.4, -0.2) is 24.9 Å². The van der Waals surface area contributed by atoms with Gasteiger partial charge in [-0.05, 0) is 37.5 Å². The first-order chi connectivity index (χ1) is 11.4. The van der Waals surface area contributed by atoms with Gasteiger partial charge in [-0.25, -0.2) is 0 Å². The monoisotopic (exact) mass is 324 g/mol. The lowest BCUT2D eigenvalue weighted by Crippen LogP contribution is -2.27. The van der Waals surface area contributed by atoms with Crippen molar-refractivity contribution in [2.24, 2.45) is 0 Å². The van der Waals surface area contributed by atoms with Gasteiger partial charge in [-0.3, -0.25) is 9.59 Å². The maximum absolute atomic E-state index is 13.2. The topological polar surface area (TPSA) is 53.2 Å². The van der Waals surface area contributed by atoms with Gasteiger partial charge >= 0.3 is 0 Å². The fourth-order valence-corrected chi connectivity index (χ4v) is 2.98. The summed E-state index contributed by atoms with van der Waals surface area (Å²) in [4.78, 5) is 30.2. The van der Waals surface area contributed by atoms with E-state index in [1.54, 1.807) is 25.1 Å². The van der Waals surface area contributed by atoms with Crippen LogP contribution in [0, 0.1) is 6.92 Å². The molecule has 0 bridgehead atoms. The number of aromatic nitrogens is 1. The minimum absolute atomic E-state index is 0.115. The Hall–Kier alpha value is -2.62. The highest BCUT2D eigenvalue weighted by molar-refractivity contribution is 6.13. The molecule has 1 aromatic heterocycles. The van der Waals surface area contributed by atoms with Gasteiger partial charge in [0.15, 0.2) is 5.78 Å². The first-order valence-electron chi connectivity index (χ1n) is 8.11. The average Bonchev–Trinajstić information content (AvgIpc) is 2.53. The van der Waals surface area contributed by atoms with Gasteiger partial charge in [0, 0.05) is 25.4 Å². The van der Waals surface area contributed by atoms with Crippen molar-refractivity contribution in [3.8, 4) is 0 Å². The van der Waals surface area contributed by atoms with Gasteiger partial charge in [0.05, 0.1) is 5.56 Å². The number of rotatable bonds is 5. The number of ketones is 1. The normalized spacial score (nSPS) is 11.0. The molecular weight excluding hydrogens is 300 g/mol. The molecule has 0 atom stereocenters. The number of nitrogens with one attached hydrogen (secondary N) is 1. The fraction of sp³-hybridized carbons (Fsp3) is 0.300. The number of hydrogen-bond donors (Lipinski definition) is 1. The van der Waals surface area contributed by atoms with E-state index in [2.05, 4.69) is 4.98 Å². The summed E-state index contributed by atoms with van der Waals surface area (Å²) < 4.78 is 0. The molecule has 0 saturated heterocycles. The molecule has 126 valence electrons. The fourth-order valence-electron chi connectivity index (χ4n) is 2.98. The van der Waals surface area contributed by atoms with Crippen molar-refractivity contribution >= 4 is 17.5 Å². The SMILES string of the molecule is C/C=C/c1cccc(C(=O)c2c(CC)c(C)[nH]c(=O)c2N(C)C)c1. The van der Waals surface area contributed by atoms with E-state index in [9.17, 15) is 9.59 Å². The number of carbonyl (C=O) groups excluding carboxylic acids is 1. The third kappa shape index (κ3) is 3.32. The zero-order valence-electron chi connectivity index (χ0n) is 14.9. The Morgan fingerprint density at radius 2 is 2.00 bits per heavy atom. The average molecular weight is 324 g/mol. The Bertz CT molecular complexity index is 845. The van der Waals surface area contributed by atoms with Gasteiger partial charge in [0.2, 0.25) is 0 Å². The second kappa shape index (κ2) is 7.30. The summed E-state index contributed by atoms with van der Waals surface area (Å²) >= 11 is 0. The van der Waals surface area contributed by atoms with E-state index in [0.717, 1.165) is 16.8 Å². The van der Waals surface area contributed by atoms with Gasteiger partial charge < -0.3 is 9.88 Å². The molecule has 24 heavy (non-hydrogen) atoms. The van der Waals surface area contributed by atoms with Crippen LogP contribution in [0.2, 0.25) is 0 Å². The number of pyridine rings is 1. The number of benzene rings is 1. The minimum Gasteiger partial charge on any atom is -0.373 e. The number of aryl methyl sites for hydroxylation is 1. The molecule has 2 aromatic rings. The van der Waals surface area contributed by atoms with Crippen LogP contribution in [-0.2, 0) is 6.42 Å². The van der Waals surface area contributed by atoms with Crippen molar-refractivity contribution in [2.75, 3.05) is 19.0 Å². The van der Waals surface area contributed by atoms with Gasteiger partial charge in [-0.1, -0.05) is 37.3 Å². The van der Waals surface area contributed by atoms with Crippen molar-refractivity contribution in [3.05, 3.63) is 68.6 Å². The molecule has 1 N–H and O–H groups in total. The summed E-state index contributed by atoms with van der Waals surface area (Å²) in [5.41, 5.74) is 3.88. The number of carbonyl (C=O) groups is 1. The molecule has 0 aliphatic rings. The van der Waals surface area contributed by atoms with E-state index in [-0.39, 0.29) is 11.3 Å². The molecule has 0 aliphatic heterocycles. The highest BCUT2D eigenvalue weighted by atomic mass is 16.1. The van der Waals surface area contributed by atoms with Crippen molar-refractivity contribution in [1.82, 2.24) is 4.98 Å². The Labute approximate surface area is 142 Å². The predicted molar refractivity (Wildman–Crippen MR) is 100 cm³/mol. The first-order valence-corrected chi connectivity index (χ1v) is 8.11. The predicted octanol–water partition coefficient (Wildman–Crippen LogP) is 3.58. The molecule has 0 radical (unpaired) electrons. The van der Waals surface area contributed by atoms with Crippen molar-refractivity contribution in [1.29, 1.82) is 0 Å². The lowest BCUT2D eigenvalue weighted by Gasteiger charge is -2.20. The van der Waals surface area contributed by atoms with Gasteiger partial charge in [0.1, 0.15) is 5.69 Å². The number of aromatic amines is 1. The molecule has 0 aliphatic carbocycles. The van der Waals surface area contributed by atoms with Crippen molar-refractivity contribution in [3.63, 3.8) is 0 Å². The molecular formula is C20H24N2O2. The van der Waals surface area contributed by atoms with E-state index in [1.165, 1.54) is 0 Å². The highest BCUT2D eigenvalue weighted by Gasteiger charge is 2.23. The second-order valence-electron chi connectivity index (χ2n) is 5.98. The summed E-state index contributed by atoms with van der Waals surface area (Å²) in [5, 5.41) is 0. The van der Waals surface area contributed by atoms with E-state index >= 15 is 0 Å². The van der Waals surface area contributed by atoms with Crippen LogP contribution in [0.1, 0.15) is 46.6 Å². The van der Waals surface area contributed by atoms with Crippen LogP contribution >= 0.6 is 0 Å². The van der Waals surface area contributed by atoms with Crippen LogP contribution in [0.5, 0.6) is 0 Å². The summed E-state index contributed by atoms with van der Waals surface area (Å²) in [6.45, 7) is 5.77. The van der Waals surface area contributed by atoms with Crippen molar-refractivity contribution in [2.45, 2.75) is 27.2 Å². The summed E-state index contributed by atoms with van der Waals surface area (Å²) in [7, 11) is 3.57. The molecule has 4 nitrogen and oxygen atoms in total. The Balaban J connectivity index is 2.73. The number of H-pyrrole nitrogens is 1.